The minimum Gasteiger partial charge on any atom is -0.375 e. The lowest BCUT2D eigenvalue weighted by Crippen LogP contribution is -2.49. The Bertz CT molecular complexity index is 490. The van der Waals surface area contributed by atoms with Gasteiger partial charge in [0.1, 0.15) is 0 Å². The van der Waals surface area contributed by atoms with E-state index in [0.29, 0.717) is 5.56 Å². The molecule has 19 heavy (non-hydrogen) atoms. The number of benzene rings is 1. The Kier molecular flexibility index (Phi) is 3.82. The zero-order valence-electron chi connectivity index (χ0n) is 10.4. The van der Waals surface area contributed by atoms with Crippen molar-refractivity contribution >= 4 is 5.91 Å². The SMILES string of the molecule is N#CC(O)C1(F)CCN(C(=O)c2ccccc2)CC1. The summed E-state index contributed by atoms with van der Waals surface area (Å²) < 4.78 is 14.2. The highest BCUT2D eigenvalue weighted by Gasteiger charge is 2.42. The monoisotopic (exact) mass is 262 g/mol. The van der Waals surface area contributed by atoms with Crippen LogP contribution >= 0.6 is 0 Å². The first-order valence-corrected chi connectivity index (χ1v) is 6.18. The van der Waals surface area contributed by atoms with Crippen molar-refractivity contribution in [2.45, 2.75) is 24.6 Å². The molecule has 2 rings (SSSR count). The summed E-state index contributed by atoms with van der Waals surface area (Å²) in [5.74, 6) is -0.144. The Labute approximate surface area is 111 Å². The third kappa shape index (κ3) is 2.74. The van der Waals surface area contributed by atoms with Gasteiger partial charge in [-0.15, -0.1) is 0 Å². The minimum absolute atomic E-state index is 0.0136. The van der Waals surface area contributed by atoms with E-state index in [-0.39, 0.29) is 31.8 Å². The number of alkyl halides is 1. The Morgan fingerprint density at radius 3 is 2.47 bits per heavy atom. The standard InChI is InChI=1S/C14H15FN2O2/c15-14(12(18)10-16)6-8-17(9-7-14)13(19)11-4-2-1-3-5-11/h1-5,12,18H,6-9H2. The predicted molar refractivity (Wildman–Crippen MR) is 67.0 cm³/mol. The van der Waals surface area contributed by atoms with Gasteiger partial charge in [-0.3, -0.25) is 4.79 Å². The molecule has 0 aliphatic carbocycles. The molecule has 1 aromatic carbocycles. The molecular weight excluding hydrogens is 247 g/mol. The number of aliphatic hydroxyl groups excluding tert-OH is 1. The maximum absolute atomic E-state index is 14.2. The molecule has 4 nitrogen and oxygen atoms in total. The maximum Gasteiger partial charge on any atom is 0.253 e. The maximum atomic E-state index is 14.2. The van der Waals surface area contributed by atoms with Crippen molar-refractivity contribution in [1.82, 2.24) is 4.90 Å². The van der Waals surface area contributed by atoms with Gasteiger partial charge in [0.2, 0.25) is 0 Å². The second-order valence-electron chi connectivity index (χ2n) is 4.72. The summed E-state index contributed by atoms with van der Waals surface area (Å²) in [6, 6.07) is 10.3. The summed E-state index contributed by atoms with van der Waals surface area (Å²) in [6.45, 7) is 0.423. The number of nitrogens with zero attached hydrogens (tertiary/aromatic N) is 2. The number of likely N-dealkylation sites (tertiary alicyclic amines) is 1. The van der Waals surface area contributed by atoms with Crippen molar-refractivity contribution in [3.05, 3.63) is 35.9 Å². The van der Waals surface area contributed by atoms with E-state index < -0.39 is 11.8 Å². The largest absolute Gasteiger partial charge is 0.375 e. The topological polar surface area (TPSA) is 64.3 Å². The fourth-order valence-electron chi connectivity index (χ4n) is 2.23. The van der Waals surface area contributed by atoms with Crippen LogP contribution in [0, 0.1) is 11.3 Å². The molecule has 0 radical (unpaired) electrons. The van der Waals surface area contributed by atoms with Crippen molar-refractivity contribution in [1.29, 1.82) is 5.26 Å². The Morgan fingerprint density at radius 2 is 1.95 bits per heavy atom. The lowest BCUT2D eigenvalue weighted by atomic mass is 9.88. The van der Waals surface area contributed by atoms with Gasteiger partial charge in [0, 0.05) is 31.5 Å². The van der Waals surface area contributed by atoms with Gasteiger partial charge in [-0.1, -0.05) is 18.2 Å². The highest BCUT2D eigenvalue weighted by molar-refractivity contribution is 5.94. The Morgan fingerprint density at radius 1 is 1.37 bits per heavy atom. The van der Waals surface area contributed by atoms with Crippen molar-refractivity contribution < 1.29 is 14.3 Å². The average molecular weight is 262 g/mol. The lowest BCUT2D eigenvalue weighted by molar-refractivity contribution is -0.0201. The van der Waals surface area contributed by atoms with Gasteiger partial charge in [-0.05, 0) is 12.1 Å². The van der Waals surface area contributed by atoms with Gasteiger partial charge in [0.05, 0.1) is 6.07 Å². The van der Waals surface area contributed by atoms with Crippen LogP contribution in [-0.2, 0) is 0 Å². The van der Waals surface area contributed by atoms with Gasteiger partial charge in [-0.2, -0.15) is 5.26 Å². The quantitative estimate of drug-likeness (QED) is 0.822. The molecule has 1 unspecified atom stereocenters. The number of carbonyl (C=O) groups is 1. The first-order chi connectivity index (χ1) is 9.07. The molecule has 1 aliphatic heterocycles. The third-order valence-corrected chi connectivity index (χ3v) is 3.51. The van der Waals surface area contributed by atoms with Crippen LogP contribution in [0.1, 0.15) is 23.2 Å². The molecule has 5 heteroatoms. The van der Waals surface area contributed by atoms with Crippen LogP contribution < -0.4 is 0 Å². The predicted octanol–water partition coefficient (Wildman–Crippen LogP) is 1.52. The highest BCUT2D eigenvalue weighted by atomic mass is 19.1. The number of amides is 1. The van der Waals surface area contributed by atoms with E-state index in [9.17, 15) is 14.3 Å². The molecule has 1 heterocycles. The second-order valence-corrected chi connectivity index (χ2v) is 4.72. The van der Waals surface area contributed by atoms with Crippen molar-refractivity contribution in [2.24, 2.45) is 0 Å². The molecule has 1 amide bonds. The second kappa shape index (κ2) is 5.37. The lowest BCUT2D eigenvalue weighted by Gasteiger charge is -2.37. The number of rotatable bonds is 2. The van der Waals surface area contributed by atoms with Gasteiger partial charge < -0.3 is 10.0 Å². The minimum atomic E-state index is -1.90. The van der Waals surface area contributed by atoms with Crippen LogP contribution in [0.2, 0.25) is 0 Å². The summed E-state index contributed by atoms with van der Waals surface area (Å²) in [7, 11) is 0. The van der Waals surface area contributed by atoms with Crippen LogP contribution in [-0.4, -0.2) is 40.8 Å². The van der Waals surface area contributed by atoms with Crippen molar-refractivity contribution in [3.8, 4) is 6.07 Å². The van der Waals surface area contributed by atoms with E-state index in [1.807, 2.05) is 6.07 Å². The number of carbonyl (C=O) groups excluding carboxylic acids is 1. The Hall–Kier alpha value is -1.93. The van der Waals surface area contributed by atoms with E-state index in [4.69, 9.17) is 5.26 Å². The molecule has 1 saturated heterocycles. The molecule has 1 aromatic rings. The van der Waals surface area contributed by atoms with E-state index in [2.05, 4.69) is 0 Å². The molecule has 1 N–H and O–H groups in total. The van der Waals surface area contributed by atoms with Crippen LogP contribution in [0.4, 0.5) is 4.39 Å². The molecule has 0 spiro atoms. The number of hydrogen-bond acceptors (Lipinski definition) is 3. The van der Waals surface area contributed by atoms with Gasteiger partial charge >= 0.3 is 0 Å². The number of nitriles is 1. The number of halogens is 1. The van der Waals surface area contributed by atoms with Gasteiger partial charge in [-0.25, -0.2) is 4.39 Å². The third-order valence-electron chi connectivity index (χ3n) is 3.51. The Balaban J connectivity index is 2.01. The fourth-order valence-corrected chi connectivity index (χ4v) is 2.23. The molecule has 1 aliphatic rings. The zero-order valence-corrected chi connectivity index (χ0v) is 10.4. The van der Waals surface area contributed by atoms with E-state index in [1.165, 1.54) is 6.07 Å². The molecule has 0 aromatic heterocycles. The molecule has 0 bridgehead atoms. The summed E-state index contributed by atoms with van der Waals surface area (Å²) >= 11 is 0. The average Bonchev–Trinajstić information content (AvgIpc) is 2.47. The smallest absolute Gasteiger partial charge is 0.253 e. The van der Waals surface area contributed by atoms with E-state index in [1.54, 1.807) is 29.2 Å². The van der Waals surface area contributed by atoms with Crippen LogP contribution in [0.3, 0.4) is 0 Å². The summed E-state index contributed by atoms with van der Waals surface area (Å²) in [6.07, 6.45) is -1.65. The van der Waals surface area contributed by atoms with Crippen LogP contribution in [0.5, 0.6) is 0 Å². The highest BCUT2D eigenvalue weighted by Crippen LogP contribution is 2.30. The first kappa shape index (κ1) is 13.5. The normalized spacial score (nSPS) is 19.5. The van der Waals surface area contributed by atoms with Gasteiger partial charge in [0.25, 0.3) is 5.91 Å². The van der Waals surface area contributed by atoms with E-state index in [0.717, 1.165) is 0 Å². The molecule has 1 atom stereocenters. The van der Waals surface area contributed by atoms with Crippen LogP contribution in [0.15, 0.2) is 30.3 Å². The number of aliphatic hydroxyl groups is 1. The van der Waals surface area contributed by atoms with Crippen LogP contribution in [0.25, 0.3) is 0 Å². The summed E-state index contributed by atoms with van der Waals surface area (Å²) in [4.78, 5) is 13.7. The first-order valence-electron chi connectivity index (χ1n) is 6.18. The number of hydrogen-bond donors (Lipinski definition) is 1. The van der Waals surface area contributed by atoms with Crippen molar-refractivity contribution in [3.63, 3.8) is 0 Å². The molecule has 0 saturated carbocycles. The zero-order chi connectivity index (χ0) is 13.9. The fraction of sp³-hybridized carbons (Fsp3) is 0.429. The van der Waals surface area contributed by atoms with Gasteiger partial charge in [0.15, 0.2) is 11.8 Å². The van der Waals surface area contributed by atoms with E-state index >= 15 is 0 Å². The molecule has 1 fully saturated rings. The molecule has 100 valence electrons. The summed E-state index contributed by atoms with van der Waals surface area (Å²) in [5.41, 5.74) is -1.34. The number of piperidine rings is 1. The van der Waals surface area contributed by atoms with Crippen molar-refractivity contribution in [2.75, 3.05) is 13.1 Å². The summed E-state index contributed by atoms with van der Waals surface area (Å²) in [5, 5.41) is 17.9. The molecular formula is C14H15FN2O2.